The third-order valence-electron chi connectivity index (χ3n) is 11.5. The van der Waals surface area contributed by atoms with E-state index in [0.29, 0.717) is 0 Å². The number of carboxylic acids is 1. The van der Waals surface area contributed by atoms with Crippen LogP contribution in [0.4, 0.5) is 0 Å². The van der Waals surface area contributed by atoms with Crippen LogP contribution < -0.4 is 0 Å². The van der Waals surface area contributed by atoms with Gasteiger partial charge in [-0.1, -0.05) is 140 Å². The van der Waals surface area contributed by atoms with Crippen molar-refractivity contribution in [1.29, 1.82) is 0 Å². The van der Waals surface area contributed by atoms with Crippen LogP contribution >= 0.6 is 92.3 Å². The smallest absolute Gasteiger partial charge is 0.307 e. The van der Waals surface area contributed by atoms with Gasteiger partial charge < -0.3 is 18.8 Å². The first-order valence-electron chi connectivity index (χ1n) is 24.6. The molecule has 0 amide bonds. The van der Waals surface area contributed by atoms with Gasteiger partial charge in [0.25, 0.3) is 0 Å². The average Bonchev–Trinajstić information content (AvgIpc) is 4.27. The van der Waals surface area contributed by atoms with Crippen molar-refractivity contribution in [2.75, 3.05) is 6.26 Å². The van der Waals surface area contributed by atoms with Gasteiger partial charge in [-0.25, -0.2) is 15.0 Å². The van der Waals surface area contributed by atoms with Gasteiger partial charge in [0.05, 0.1) is 25.4 Å². The molecule has 402 valence electrons. The number of hydrogen-bond donors (Lipinski definition) is 2. The Kier molecular flexibility index (Phi) is 30.4. The predicted molar refractivity (Wildman–Crippen MR) is 345 cm³/mol. The number of rotatable bonds is 10. The number of benzene rings is 6. The van der Waals surface area contributed by atoms with E-state index in [0.717, 1.165) is 66.0 Å². The summed E-state index contributed by atoms with van der Waals surface area (Å²) >= 11 is 20.6. The molecule has 0 fully saturated rings. The summed E-state index contributed by atoms with van der Waals surface area (Å²) in [6.07, 6.45) is 29.5. The molecule has 0 spiro atoms. The van der Waals surface area contributed by atoms with E-state index in [1.54, 1.807) is 43.3 Å². The number of carboxylic acid groups (broad SMARTS) is 1. The molecule has 0 saturated heterocycles. The van der Waals surface area contributed by atoms with Crippen molar-refractivity contribution in [2.24, 2.45) is 0 Å². The van der Waals surface area contributed by atoms with Gasteiger partial charge in [-0.05, 0) is 175 Å². The number of nitrogens with zero attached hydrogens (tertiary/aromatic N) is 6. The van der Waals surface area contributed by atoms with Crippen molar-refractivity contribution in [2.45, 2.75) is 71.3 Å². The molecule has 8 nitrogen and oxygen atoms in total. The summed E-state index contributed by atoms with van der Waals surface area (Å²) in [4.78, 5) is 22.8. The fourth-order valence-electron chi connectivity index (χ4n) is 7.13. The van der Waals surface area contributed by atoms with Crippen LogP contribution in [0.3, 0.4) is 0 Å². The van der Waals surface area contributed by atoms with Gasteiger partial charge in [-0.15, -0.1) is 19.2 Å². The van der Waals surface area contributed by atoms with Crippen molar-refractivity contribution < 1.29 is 11.3 Å². The first-order valence-corrected chi connectivity index (χ1v) is 29.6. The Morgan fingerprint density at radius 1 is 0.538 bits per heavy atom. The van der Waals surface area contributed by atoms with E-state index in [1.165, 1.54) is 62.0 Å². The van der Waals surface area contributed by atoms with Crippen molar-refractivity contribution in [3.8, 4) is 37.0 Å². The highest BCUT2D eigenvalue weighted by molar-refractivity contribution is 9.11. The van der Waals surface area contributed by atoms with E-state index in [1.807, 2.05) is 70.7 Å². The number of carbonyl (C=O) groups is 1. The number of hydrogen-bond acceptors (Lipinski definition) is 5. The molecular weight excluding hydrogens is 1320 g/mol. The number of aryl methyl sites for hydroxylation is 5. The molecule has 3 aromatic heterocycles. The molecule has 0 aliphatic heterocycles. The topological polar surface area (TPSA) is 90.8 Å². The van der Waals surface area contributed by atoms with Crippen molar-refractivity contribution in [1.82, 2.24) is 28.7 Å². The van der Waals surface area contributed by atoms with E-state index < -0.39 is 5.97 Å². The zero-order valence-electron chi connectivity index (χ0n) is 45.4. The monoisotopic (exact) mass is 1380 g/mol. The van der Waals surface area contributed by atoms with Gasteiger partial charge in [0.2, 0.25) is 0 Å². The molecule has 0 aliphatic carbocycles. The molecule has 0 radical (unpaired) electrons. The Morgan fingerprint density at radius 3 is 1.18 bits per heavy atom. The van der Waals surface area contributed by atoms with E-state index in [-0.39, 0.29) is 6.42 Å². The van der Waals surface area contributed by atoms with E-state index in [2.05, 4.69) is 243 Å². The molecule has 0 atom stereocenters. The summed E-state index contributed by atoms with van der Waals surface area (Å²) in [5.74, 6) is 8.09. The Balaban J connectivity index is 0.000000265. The fourth-order valence-corrected chi connectivity index (χ4v) is 9.81. The quantitative estimate of drug-likeness (QED) is 0.0809. The molecule has 3 heterocycles. The second-order valence-corrected chi connectivity index (χ2v) is 21.0. The second-order valence-electron chi connectivity index (χ2n) is 17.1. The summed E-state index contributed by atoms with van der Waals surface area (Å²) in [7, 11) is 0. The van der Waals surface area contributed by atoms with Crippen LogP contribution in [0.2, 0.25) is 0 Å². The molecule has 0 aliphatic rings. The molecule has 14 heteroatoms. The van der Waals surface area contributed by atoms with Gasteiger partial charge in [0, 0.05) is 97.6 Å². The first-order chi connectivity index (χ1) is 38.0. The minimum atomic E-state index is -0.829. The van der Waals surface area contributed by atoms with E-state index in [4.69, 9.17) is 12.9 Å². The van der Waals surface area contributed by atoms with Crippen LogP contribution in [0, 0.1) is 71.6 Å². The zero-order chi connectivity index (χ0) is 58.1. The maximum atomic E-state index is 10.7. The standard InChI is InChI=1S/C21H18N2O2.C13H12N2.C11H11BrN2.2C8H8Br2.C2H2.CH4S/c1-16-12-18(8-9-20(16)14-23-11-10-22-15-23)5-2-17-3-6-19(7-4-17)13-21(24)25;1-3-12-4-5-13(11(2)8-12)9-15-7-6-14-10-15;1-9-6-11(12)3-2-10(9)7-14-5-4-13-8-14;2*1-6-4-8(10)3-2-7(6)5-9;2*1-2/h3-4,6-12,15H,13-14H2,1H3,(H,24,25);1,4-8,10H,9H2,2H3;2-6,8H,7H2,1H3;2*2-4H,5H2,1H3;1-2H;2H,1H3/i;;;;;1T;. The average molecular weight is 1380 g/mol. The Hall–Kier alpha value is -6.15. The molecule has 9 aromatic rings. The van der Waals surface area contributed by atoms with Gasteiger partial charge in [-0.3, -0.25) is 4.79 Å². The van der Waals surface area contributed by atoms with Crippen molar-refractivity contribution >= 4 is 98.2 Å². The highest BCUT2D eigenvalue weighted by Crippen LogP contribution is 2.20. The third-order valence-corrected chi connectivity index (χ3v) is 14.1. The normalized spacial score (nSPS) is 9.74. The van der Waals surface area contributed by atoms with Crippen LogP contribution in [-0.4, -0.2) is 46.0 Å². The van der Waals surface area contributed by atoms with E-state index >= 15 is 0 Å². The van der Waals surface area contributed by atoms with Gasteiger partial charge >= 0.3 is 5.97 Å². The number of imidazole rings is 3. The molecule has 0 saturated carbocycles. The number of aromatic nitrogens is 6. The Labute approximate surface area is 511 Å². The van der Waals surface area contributed by atoms with Crippen molar-refractivity contribution in [3.63, 3.8) is 0 Å². The molecule has 9 rings (SSSR count). The highest BCUT2D eigenvalue weighted by atomic mass is 79.9. The number of alkyl halides is 2. The first kappa shape index (κ1) is 64.4. The number of thiol groups is 1. The Bertz CT molecular complexity index is 3350. The summed E-state index contributed by atoms with van der Waals surface area (Å²) in [5.41, 5.74) is 16.4. The molecular formula is C64H63Br5N6O2S. The lowest BCUT2D eigenvalue weighted by Crippen LogP contribution is -1.99. The summed E-state index contributed by atoms with van der Waals surface area (Å²) in [5, 5.41) is 10.7. The molecule has 1 N–H and O–H groups in total. The molecule has 0 unspecified atom stereocenters. The largest absolute Gasteiger partial charge is 0.481 e. The van der Waals surface area contributed by atoms with Gasteiger partial charge in [0.1, 0.15) is 1.37 Å². The van der Waals surface area contributed by atoms with Crippen LogP contribution in [0.15, 0.2) is 185 Å². The lowest BCUT2D eigenvalue weighted by Gasteiger charge is -2.07. The van der Waals surface area contributed by atoms with Crippen molar-refractivity contribution in [3.05, 3.63) is 263 Å². The van der Waals surface area contributed by atoms with Crippen LogP contribution in [0.25, 0.3) is 0 Å². The number of halogens is 5. The van der Waals surface area contributed by atoms with Gasteiger partial charge in [-0.2, -0.15) is 12.6 Å². The third kappa shape index (κ3) is 24.3. The summed E-state index contributed by atoms with van der Waals surface area (Å²) in [6, 6.07) is 38.5. The minimum absolute atomic E-state index is 0.0330. The number of aliphatic carboxylic acids is 1. The lowest BCUT2D eigenvalue weighted by molar-refractivity contribution is -0.136. The summed E-state index contributed by atoms with van der Waals surface area (Å²) < 4.78 is 15.3. The molecule has 0 bridgehead atoms. The van der Waals surface area contributed by atoms with Crippen LogP contribution in [0.5, 0.6) is 0 Å². The number of terminal acetylenes is 2. The van der Waals surface area contributed by atoms with Crippen LogP contribution in [-0.2, 0) is 41.5 Å². The van der Waals surface area contributed by atoms with E-state index in [9.17, 15) is 4.79 Å². The molecule has 6 aromatic carbocycles. The maximum absolute atomic E-state index is 10.7. The summed E-state index contributed by atoms with van der Waals surface area (Å²) in [6.45, 7) is 13.0. The zero-order valence-corrected chi connectivity index (χ0v) is 53.3. The molecule has 78 heavy (non-hydrogen) atoms. The SMILES string of the molecule is C#Cc1ccc(Cn2ccnc2)c(C)c1.CS.Cc1cc(Br)ccc1CBr.Cc1cc(Br)ccc1CBr.Cc1cc(Br)ccc1Cn1ccnc1.Cc1cc(C#Cc2ccc(CC(=O)O)cc2)ccc1Cn1ccnc1.[3H]C#C. The Morgan fingerprint density at radius 2 is 0.859 bits per heavy atom. The second kappa shape index (κ2) is 36.9. The van der Waals surface area contributed by atoms with Crippen LogP contribution in [0.1, 0.15) is 79.3 Å². The lowest BCUT2D eigenvalue weighted by atomic mass is 10.0. The maximum Gasteiger partial charge on any atom is 0.307 e. The van der Waals surface area contributed by atoms with Gasteiger partial charge in [0.15, 0.2) is 0 Å². The predicted octanol–water partition coefficient (Wildman–Crippen LogP) is 16.6. The fraction of sp³-hybridized carbons (Fsp3) is 0.188. The minimum Gasteiger partial charge on any atom is -0.481 e. The highest BCUT2D eigenvalue weighted by Gasteiger charge is 2.04.